The number of rotatable bonds is 4. The predicted octanol–water partition coefficient (Wildman–Crippen LogP) is 5.29. The van der Waals surface area contributed by atoms with Crippen LogP contribution in [0, 0.1) is 24.2 Å². The summed E-state index contributed by atoms with van der Waals surface area (Å²) in [6.45, 7) is 3.62. The number of aryl methyl sites for hydroxylation is 2. The zero-order valence-electron chi connectivity index (χ0n) is 21.1. The van der Waals surface area contributed by atoms with Gasteiger partial charge in [0.15, 0.2) is 0 Å². The smallest absolute Gasteiger partial charge is 0.255 e. The van der Waals surface area contributed by atoms with Crippen LogP contribution in [0.5, 0.6) is 0 Å². The van der Waals surface area contributed by atoms with E-state index in [9.17, 15) is 9.59 Å². The Bertz CT molecular complexity index is 1340. The third kappa shape index (κ3) is 4.60. The minimum absolute atomic E-state index is 0.222. The molecule has 1 aromatic carbocycles. The van der Waals surface area contributed by atoms with Gasteiger partial charge >= 0.3 is 0 Å². The van der Waals surface area contributed by atoms with Crippen LogP contribution in [0.3, 0.4) is 0 Å². The van der Waals surface area contributed by atoms with Crippen LogP contribution in [0.2, 0.25) is 0 Å². The number of carbonyl (C=O) groups excluding carboxylic acids is 2. The molecule has 0 bridgehead atoms. The highest BCUT2D eigenvalue weighted by molar-refractivity contribution is 6.06. The highest BCUT2D eigenvalue weighted by Crippen LogP contribution is 2.38. The molecule has 1 saturated heterocycles. The van der Waals surface area contributed by atoms with Crippen molar-refractivity contribution in [3.8, 4) is 6.07 Å². The number of nitrogens with one attached hydrogen (secondary N) is 1. The Labute approximate surface area is 212 Å². The summed E-state index contributed by atoms with van der Waals surface area (Å²) >= 11 is 0. The SMILES string of the molecule is Cc1c(NC(=O)c2cccc(C#N)c2)cnc2c1c(C1CCN(C(=O)C3CCCCC3)CC1)cn2C. The Morgan fingerprint density at radius 1 is 1.11 bits per heavy atom. The second-order valence-electron chi connectivity index (χ2n) is 10.3. The number of likely N-dealkylation sites (tertiary alicyclic amines) is 1. The number of aromatic nitrogens is 2. The van der Waals surface area contributed by atoms with Crippen molar-refractivity contribution in [2.45, 2.75) is 57.8 Å². The van der Waals surface area contributed by atoms with Crippen molar-refractivity contribution in [2.75, 3.05) is 18.4 Å². The first-order chi connectivity index (χ1) is 17.5. The topological polar surface area (TPSA) is 91.0 Å². The van der Waals surface area contributed by atoms with Crippen LogP contribution >= 0.6 is 0 Å². The first-order valence-electron chi connectivity index (χ1n) is 13.0. The minimum atomic E-state index is -0.261. The lowest BCUT2D eigenvalue weighted by molar-refractivity contribution is -0.137. The number of benzene rings is 1. The standard InChI is InChI=1S/C29H33N5O2/c1-19-25(32-28(35)23-10-6-7-20(15-23)16-30)17-31-27-26(19)24(18-33(27)2)21-11-13-34(14-12-21)29(36)22-8-4-3-5-9-22/h6-7,10,15,17-18,21-22H,3-5,8-9,11-14H2,1-2H3,(H,32,35). The van der Waals surface area contributed by atoms with Gasteiger partial charge in [-0.1, -0.05) is 25.3 Å². The van der Waals surface area contributed by atoms with Crippen LogP contribution in [-0.4, -0.2) is 39.4 Å². The molecule has 7 nitrogen and oxygen atoms in total. The number of pyridine rings is 1. The van der Waals surface area contributed by atoms with Gasteiger partial charge in [-0.25, -0.2) is 4.98 Å². The summed E-state index contributed by atoms with van der Waals surface area (Å²) < 4.78 is 2.05. The third-order valence-corrected chi connectivity index (χ3v) is 7.98. The minimum Gasteiger partial charge on any atom is -0.342 e. The van der Waals surface area contributed by atoms with E-state index in [0.29, 0.717) is 28.6 Å². The van der Waals surface area contributed by atoms with E-state index < -0.39 is 0 Å². The molecule has 0 atom stereocenters. The molecule has 1 aliphatic heterocycles. The maximum atomic E-state index is 13.0. The molecule has 2 aromatic heterocycles. The monoisotopic (exact) mass is 483 g/mol. The fourth-order valence-corrected chi connectivity index (χ4v) is 5.92. The lowest BCUT2D eigenvalue weighted by atomic mass is 9.85. The molecule has 5 rings (SSSR count). The van der Waals surface area contributed by atoms with Crippen molar-refractivity contribution in [3.63, 3.8) is 0 Å². The summed E-state index contributed by atoms with van der Waals surface area (Å²) in [5, 5.41) is 13.2. The number of hydrogen-bond acceptors (Lipinski definition) is 4. The van der Waals surface area contributed by atoms with E-state index in [4.69, 9.17) is 5.26 Å². The molecule has 0 unspecified atom stereocenters. The van der Waals surface area contributed by atoms with Gasteiger partial charge in [0, 0.05) is 43.2 Å². The largest absolute Gasteiger partial charge is 0.342 e. The average molecular weight is 484 g/mol. The Hall–Kier alpha value is -3.66. The van der Waals surface area contributed by atoms with Gasteiger partial charge in [-0.15, -0.1) is 0 Å². The molecule has 2 amide bonds. The van der Waals surface area contributed by atoms with Gasteiger partial charge in [0.05, 0.1) is 23.5 Å². The number of amides is 2. The number of nitriles is 1. The molecular formula is C29H33N5O2. The van der Waals surface area contributed by atoms with Gasteiger partial charge < -0.3 is 14.8 Å². The van der Waals surface area contributed by atoms with E-state index in [1.165, 1.54) is 24.8 Å². The van der Waals surface area contributed by atoms with E-state index >= 15 is 0 Å². The van der Waals surface area contributed by atoms with Gasteiger partial charge in [-0.2, -0.15) is 5.26 Å². The van der Waals surface area contributed by atoms with Crippen molar-refractivity contribution in [1.29, 1.82) is 5.26 Å². The molecule has 36 heavy (non-hydrogen) atoms. The molecule has 3 heterocycles. The van der Waals surface area contributed by atoms with E-state index in [2.05, 4.69) is 32.0 Å². The second kappa shape index (κ2) is 10.1. The maximum absolute atomic E-state index is 13.0. The number of carbonyl (C=O) groups is 2. The molecule has 7 heteroatoms. The number of piperidine rings is 1. The van der Waals surface area contributed by atoms with E-state index in [-0.39, 0.29) is 11.8 Å². The van der Waals surface area contributed by atoms with Crippen LogP contribution in [0.25, 0.3) is 11.0 Å². The summed E-state index contributed by atoms with van der Waals surface area (Å²) in [5.41, 5.74) is 4.69. The van der Waals surface area contributed by atoms with Gasteiger partial charge in [-0.3, -0.25) is 9.59 Å². The molecule has 1 aliphatic carbocycles. The van der Waals surface area contributed by atoms with Gasteiger partial charge in [-0.05, 0) is 67.9 Å². The summed E-state index contributed by atoms with van der Waals surface area (Å²) in [6, 6.07) is 8.76. The summed E-state index contributed by atoms with van der Waals surface area (Å²) in [6.07, 6.45) is 11.5. The van der Waals surface area contributed by atoms with Crippen LogP contribution < -0.4 is 5.32 Å². The lowest BCUT2D eigenvalue weighted by Crippen LogP contribution is -2.41. The van der Waals surface area contributed by atoms with Crippen molar-refractivity contribution < 1.29 is 9.59 Å². The third-order valence-electron chi connectivity index (χ3n) is 7.98. The summed E-state index contributed by atoms with van der Waals surface area (Å²) in [4.78, 5) is 32.7. The molecule has 3 aromatic rings. The first kappa shape index (κ1) is 24.1. The number of nitrogens with zero attached hydrogens (tertiary/aromatic N) is 4. The molecular weight excluding hydrogens is 450 g/mol. The highest BCUT2D eigenvalue weighted by Gasteiger charge is 2.31. The van der Waals surface area contributed by atoms with Crippen molar-refractivity contribution >= 4 is 28.5 Å². The summed E-state index contributed by atoms with van der Waals surface area (Å²) in [7, 11) is 2.01. The zero-order chi connectivity index (χ0) is 25.2. The van der Waals surface area contributed by atoms with Crippen molar-refractivity contribution in [3.05, 3.63) is 58.9 Å². The molecule has 2 fully saturated rings. The Morgan fingerprint density at radius 3 is 2.58 bits per heavy atom. The maximum Gasteiger partial charge on any atom is 0.255 e. The van der Waals surface area contributed by atoms with Gasteiger partial charge in [0.2, 0.25) is 5.91 Å². The van der Waals surface area contributed by atoms with E-state index in [1.54, 1.807) is 30.5 Å². The normalized spacial score (nSPS) is 17.2. The molecule has 1 N–H and O–H groups in total. The predicted molar refractivity (Wildman–Crippen MR) is 140 cm³/mol. The van der Waals surface area contributed by atoms with Gasteiger partial charge in [0.25, 0.3) is 5.91 Å². The van der Waals surface area contributed by atoms with E-state index in [1.807, 2.05) is 14.0 Å². The number of anilines is 1. The fraction of sp³-hybridized carbons (Fsp3) is 0.448. The first-order valence-corrected chi connectivity index (χ1v) is 13.0. The Morgan fingerprint density at radius 2 is 1.86 bits per heavy atom. The van der Waals surface area contributed by atoms with Gasteiger partial charge in [0.1, 0.15) is 5.65 Å². The zero-order valence-corrected chi connectivity index (χ0v) is 21.1. The molecule has 1 saturated carbocycles. The van der Waals surface area contributed by atoms with Crippen LogP contribution in [0.1, 0.15) is 77.9 Å². The van der Waals surface area contributed by atoms with Crippen LogP contribution in [-0.2, 0) is 11.8 Å². The number of hydrogen-bond donors (Lipinski definition) is 1. The Balaban J connectivity index is 1.35. The molecule has 0 radical (unpaired) electrons. The number of fused-ring (bicyclic) bond motifs is 1. The van der Waals surface area contributed by atoms with E-state index in [0.717, 1.165) is 55.4 Å². The van der Waals surface area contributed by atoms with Crippen LogP contribution in [0.15, 0.2) is 36.7 Å². The fourth-order valence-electron chi connectivity index (χ4n) is 5.92. The molecule has 0 spiro atoms. The lowest BCUT2D eigenvalue weighted by Gasteiger charge is -2.35. The van der Waals surface area contributed by atoms with Crippen molar-refractivity contribution in [1.82, 2.24) is 14.5 Å². The Kier molecular flexibility index (Phi) is 6.77. The average Bonchev–Trinajstić information content (AvgIpc) is 3.27. The summed E-state index contributed by atoms with van der Waals surface area (Å²) in [5.74, 6) is 0.667. The van der Waals surface area contributed by atoms with Crippen LogP contribution in [0.4, 0.5) is 5.69 Å². The second-order valence-corrected chi connectivity index (χ2v) is 10.3. The highest BCUT2D eigenvalue weighted by atomic mass is 16.2. The molecule has 2 aliphatic rings. The quantitative estimate of drug-likeness (QED) is 0.546. The molecule has 186 valence electrons. The van der Waals surface area contributed by atoms with Crippen molar-refractivity contribution in [2.24, 2.45) is 13.0 Å².